The average molecular weight is 366 g/mol. The Balaban J connectivity index is 1.34. The molecule has 0 spiro atoms. The van der Waals surface area contributed by atoms with Crippen LogP contribution in [0.2, 0.25) is 0 Å². The van der Waals surface area contributed by atoms with Gasteiger partial charge in [0, 0.05) is 37.2 Å². The Morgan fingerprint density at radius 1 is 1.28 bits per heavy atom. The van der Waals surface area contributed by atoms with Gasteiger partial charge < -0.3 is 9.84 Å². The lowest BCUT2D eigenvalue weighted by molar-refractivity contribution is 0.218. The van der Waals surface area contributed by atoms with Gasteiger partial charge in [-0.3, -0.25) is 10.3 Å². The van der Waals surface area contributed by atoms with Gasteiger partial charge in [-0.25, -0.2) is 8.42 Å². The number of amidine groups is 1. The summed E-state index contributed by atoms with van der Waals surface area (Å²) in [7, 11) is -2.82. The predicted octanol–water partition coefficient (Wildman–Crippen LogP) is 1.36. The molecule has 2 saturated heterocycles. The molecule has 8 heteroatoms. The van der Waals surface area contributed by atoms with Gasteiger partial charge in [-0.1, -0.05) is 12.1 Å². The van der Waals surface area contributed by atoms with Crippen LogP contribution in [0.4, 0.5) is 0 Å². The van der Waals surface area contributed by atoms with Crippen LogP contribution in [0.1, 0.15) is 50.0 Å². The molecular formula is C17H26N4O3S. The number of nitrogens with zero attached hydrogens (tertiary/aromatic N) is 2. The van der Waals surface area contributed by atoms with E-state index in [1.807, 2.05) is 6.07 Å². The van der Waals surface area contributed by atoms with Gasteiger partial charge in [0.1, 0.15) is 27.1 Å². The highest BCUT2D eigenvalue weighted by atomic mass is 32.2. The van der Waals surface area contributed by atoms with Crippen LogP contribution in [0.5, 0.6) is 0 Å². The fourth-order valence-electron chi connectivity index (χ4n) is 3.96. The first-order valence-corrected chi connectivity index (χ1v) is 11.0. The van der Waals surface area contributed by atoms with Crippen molar-refractivity contribution < 1.29 is 12.9 Å². The molecule has 0 aromatic carbocycles. The second-order valence-electron chi connectivity index (χ2n) is 7.83. The number of likely N-dealkylation sites (tertiary alicyclic amines) is 1. The minimum atomic E-state index is -2.82. The van der Waals surface area contributed by atoms with E-state index in [9.17, 15) is 8.42 Å². The van der Waals surface area contributed by atoms with E-state index >= 15 is 0 Å². The maximum absolute atomic E-state index is 11.6. The van der Waals surface area contributed by atoms with Gasteiger partial charge in [-0.05, 0) is 31.6 Å². The molecule has 1 aliphatic carbocycles. The predicted molar refractivity (Wildman–Crippen MR) is 94.6 cm³/mol. The highest BCUT2D eigenvalue weighted by Crippen LogP contribution is 2.40. The van der Waals surface area contributed by atoms with Crippen molar-refractivity contribution in [3.8, 4) is 0 Å². The summed E-state index contributed by atoms with van der Waals surface area (Å²) < 4.78 is 28.6. The fraction of sp³-hybridized carbons (Fsp3) is 0.765. The Bertz CT molecular complexity index is 742. The zero-order chi connectivity index (χ0) is 17.6. The van der Waals surface area contributed by atoms with Crippen LogP contribution in [0.3, 0.4) is 0 Å². The van der Waals surface area contributed by atoms with Crippen LogP contribution in [-0.4, -0.2) is 61.0 Å². The largest absolute Gasteiger partial charge is 0.364 e. The number of sulfone groups is 1. The van der Waals surface area contributed by atoms with E-state index in [0.717, 1.165) is 44.5 Å². The summed E-state index contributed by atoms with van der Waals surface area (Å²) in [6.07, 6.45) is 3.77. The third-order valence-electron chi connectivity index (χ3n) is 5.78. The maximum atomic E-state index is 11.6. The Labute approximate surface area is 148 Å². The molecule has 3 heterocycles. The molecule has 1 aromatic heterocycles. The molecule has 2 N–H and O–H groups in total. The molecule has 1 aromatic rings. The van der Waals surface area contributed by atoms with Crippen molar-refractivity contribution in [2.45, 2.75) is 50.6 Å². The van der Waals surface area contributed by atoms with Gasteiger partial charge >= 0.3 is 0 Å². The maximum Gasteiger partial charge on any atom is 0.150 e. The smallest absolute Gasteiger partial charge is 0.150 e. The average Bonchev–Trinajstić information content (AvgIpc) is 3.18. The minimum Gasteiger partial charge on any atom is -0.364 e. The molecule has 2 aliphatic heterocycles. The second kappa shape index (κ2) is 6.39. The number of aromatic nitrogens is 1. The highest BCUT2D eigenvalue weighted by Gasteiger charge is 2.37. The number of hydrogen-bond acceptors (Lipinski definition) is 6. The van der Waals surface area contributed by atoms with Crippen LogP contribution in [0, 0.1) is 11.3 Å². The highest BCUT2D eigenvalue weighted by molar-refractivity contribution is 7.91. The van der Waals surface area contributed by atoms with Gasteiger partial charge in [0.15, 0.2) is 0 Å². The molecule has 0 unspecified atom stereocenters. The van der Waals surface area contributed by atoms with Gasteiger partial charge in [-0.2, -0.15) is 0 Å². The molecule has 7 nitrogen and oxygen atoms in total. The Hall–Kier alpha value is -1.41. The molecule has 25 heavy (non-hydrogen) atoms. The lowest BCUT2D eigenvalue weighted by atomic mass is 10.1. The first kappa shape index (κ1) is 17.0. The second-order valence-corrected chi connectivity index (χ2v) is 10.1. The summed E-state index contributed by atoms with van der Waals surface area (Å²) in [4.78, 5) is 2.39. The molecule has 2 atom stereocenters. The van der Waals surface area contributed by atoms with E-state index in [0.29, 0.717) is 40.9 Å². The number of rotatable bonds is 4. The molecule has 4 rings (SSSR count). The van der Waals surface area contributed by atoms with E-state index in [1.54, 1.807) is 0 Å². The van der Waals surface area contributed by atoms with Gasteiger partial charge in [0.2, 0.25) is 0 Å². The van der Waals surface area contributed by atoms with Crippen molar-refractivity contribution in [3.63, 3.8) is 0 Å². The van der Waals surface area contributed by atoms with Crippen LogP contribution >= 0.6 is 0 Å². The van der Waals surface area contributed by atoms with Crippen molar-refractivity contribution in [2.75, 3.05) is 24.6 Å². The Morgan fingerprint density at radius 3 is 2.68 bits per heavy atom. The molecular weight excluding hydrogens is 340 g/mol. The molecule has 3 fully saturated rings. The quantitative estimate of drug-likeness (QED) is 0.617. The molecule has 1 saturated carbocycles. The molecule has 0 bridgehead atoms. The molecule has 0 amide bonds. The van der Waals surface area contributed by atoms with Crippen molar-refractivity contribution >= 4 is 15.7 Å². The molecule has 138 valence electrons. The standard InChI is InChI=1S/C17H26N4O3S/c1-11-9-21(13-4-6-25(22,23)7-5-13)10-15(11)19-17(18)14-8-16(24-20-14)12-2-3-12/h8,11-13,15H,2-7,9-10H2,1H3,(H2,18,19)/t11-,15-/m1/s1. The van der Waals surface area contributed by atoms with Gasteiger partial charge in [0.05, 0.1) is 11.5 Å². The zero-order valence-corrected chi connectivity index (χ0v) is 15.4. The van der Waals surface area contributed by atoms with Crippen molar-refractivity contribution in [1.82, 2.24) is 15.4 Å². The topological polar surface area (TPSA) is 99.3 Å². The lowest BCUT2D eigenvalue weighted by Gasteiger charge is -2.31. The van der Waals surface area contributed by atoms with Gasteiger partial charge in [0.25, 0.3) is 0 Å². The summed E-state index contributed by atoms with van der Waals surface area (Å²) in [5.74, 6) is 2.73. The monoisotopic (exact) mass is 366 g/mol. The lowest BCUT2D eigenvalue weighted by Crippen LogP contribution is -2.43. The first-order chi connectivity index (χ1) is 11.9. The van der Waals surface area contributed by atoms with Crippen LogP contribution < -0.4 is 5.32 Å². The molecule has 3 aliphatic rings. The van der Waals surface area contributed by atoms with Crippen molar-refractivity contribution in [2.24, 2.45) is 5.92 Å². The Kier molecular flexibility index (Phi) is 4.35. The number of nitrogens with one attached hydrogen (secondary N) is 2. The third-order valence-corrected chi connectivity index (χ3v) is 7.49. The van der Waals surface area contributed by atoms with Gasteiger partial charge in [-0.15, -0.1) is 0 Å². The minimum absolute atomic E-state index is 0.187. The first-order valence-electron chi connectivity index (χ1n) is 9.18. The van der Waals surface area contributed by atoms with E-state index in [4.69, 9.17) is 9.93 Å². The van der Waals surface area contributed by atoms with E-state index < -0.39 is 9.84 Å². The van der Waals surface area contributed by atoms with E-state index in [1.165, 1.54) is 0 Å². The summed E-state index contributed by atoms with van der Waals surface area (Å²) in [6.45, 7) is 3.98. The van der Waals surface area contributed by atoms with E-state index in [-0.39, 0.29) is 6.04 Å². The summed E-state index contributed by atoms with van der Waals surface area (Å²) in [5.41, 5.74) is 0.580. The van der Waals surface area contributed by atoms with Crippen molar-refractivity contribution in [1.29, 1.82) is 5.41 Å². The number of hydrogen-bond donors (Lipinski definition) is 2. The van der Waals surface area contributed by atoms with E-state index in [2.05, 4.69) is 22.3 Å². The Morgan fingerprint density at radius 2 is 2.00 bits per heavy atom. The molecule has 0 radical (unpaired) electrons. The van der Waals surface area contributed by atoms with Crippen LogP contribution in [-0.2, 0) is 9.84 Å². The normalized spacial score (nSPS) is 30.4. The third kappa shape index (κ3) is 3.74. The van der Waals surface area contributed by atoms with Crippen LogP contribution in [0.25, 0.3) is 0 Å². The van der Waals surface area contributed by atoms with Crippen LogP contribution in [0.15, 0.2) is 10.6 Å². The van der Waals surface area contributed by atoms with Crippen molar-refractivity contribution in [3.05, 3.63) is 17.5 Å². The summed E-state index contributed by atoms with van der Waals surface area (Å²) >= 11 is 0. The zero-order valence-electron chi connectivity index (χ0n) is 14.6. The summed E-state index contributed by atoms with van der Waals surface area (Å²) in [6, 6.07) is 2.42. The summed E-state index contributed by atoms with van der Waals surface area (Å²) in [5, 5.41) is 15.6. The fourth-order valence-corrected chi connectivity index (χ4v) is 5.43. The SMILES string of the molecule is C[C@@H]1CN(C2CCS(=O)(=O)CC2)C[C@H]1NC(=N)c1cc(C2CC2)on1.